The molecule has 2 aliphatic rings. The molecule has 0 radical (unpaired) electrons. The van der Waals surface area contributed by atoms with Crippen LogP contribution in [-0.2, 0) is 29.2 Å². The summed E-state index contributed by atoms with van der Waals surface area (Å²) in [6.45, 7) is -0.449. The number of rotatable bonds is 6. The first-order valence-electron chi connectivity index (χ1n) is 11.3. The van der Waals surface area contributed by atoms with Gasteiger partial charge in [-0.25, -0.2) is 35.6 Å². The molecule has 1 fully saturated rings. The molecular formula is C24H21ClF2N2O6S2. The second-order valence-electron chi connectivity index (χ2n) is 8.81. The second kappa shape index (κ2) is 9.57. The SMILES string of the molecule is O=S(=O)(CC[C@@H]1OCC[C@@]2(S(=O)(=O)c3ccc(Cl)cc3)c3c(F)ccc(F)c3OC[C@@H]12)c1ccncn1. The summed E-state index contributed by atoms with van der Waals surface area (Å²) in [5.74, 6) is -3.75. The Labute approximate surface area is 217 Å². The first-order chi connectivity index (χ1) is 17.6. The van der Waals surface area contributed by atoms with E-state index in [1.54, 1.807) is 0 Å². The first kappa shape index (κ1) is 26.0. The summed E-state index contributed by atoms with van der Waals surface area (Å²) in [5.41, 5.74) is -0.411. The number of benzene rings is 2. The van der Waals surface area contributed by atoms with Crippen LogP contribution in [0.4, 0.5) is 8.78 Å². The Bertz CT molecular complexity index is 1540. The summed E-state index contributed by atoms with van der Waals surface area (Å²) in [4.78, 5) is 7.36. The lowest BCUT2D eigenvalue weighted by Crippen LogP contribution is -2.57. The highest BCUT2D eigenvalue weighted by atomic mass is 35.5. The van der Waals surface area contributed by atoms with Gasteiger partial charge in [-0.3, -0.25) is 0 Å². The summed E-state index contributed by atoms with van der Waals surface area (Å²) >= 11 is 5.96. The quantitative estimate of drug-likeness (QED) is 0.412. The van der Waals surface area contributed by atoms with Gasteiger partial charge in [0.1, 0.15) is 16.9 Å². The molecule has 13 heteroatoms. The average molecular weight is 571 g/mol. The highest BCUT2D eigenvalue weighted by molar-refractivity contribution is 7.92. The highest BCUT2D eigenvalue weighted by Crippen LogP contribution is 2.56. The van der Waals surface area contributed by atoms with Crippen LogP contribution >= 0.6 is 11.6 Å². The van der Waals surface area contributed by atoms with Gasteiger partial charge in [0, 0.05) is 23.7 Å². The Balaban J connectivity index is 1.62. The predicted molar refractivity (Wildman–Crippen MR) is 129 cm³/mol. The Morgan fingerprint density at radius 3 is 2.46 bits per heavy atom. The van der Waals surface area contributed by atoms with Gasteiger partial charge < -0.3 is 9.47 Å². The minimum Gasteiger partial charge on any atom is -0.490 e. The van der Waals surface area contributed by atoms with E-state index in [0.717, 1.165) is 18.5 Å². The molecule has 0 unspecified atom stereocenters. The maximum Gasteiger partial charge on any atom is 0.195 e. The van der Waals surface area contributed by atoms with Crippen LogP contribution in [0.15, 0.2) is 64.9 Å². The zero-order chi connectivity index (χ0) is 26.4. The van der Waals surface area contributed by atoms with Crippen LogP contribution < -0.4 is 4.74 Å². The molecule has 0 N–H and O–H groups in total. The van der Waals surface area contributed by atoms with Gasteiger partial charge >= 0.3 is 0 Å². The van der Waals surface area contributed by atoms with Crippen molar-refractivity contribution < 1.29 is 35.1 Å². The maximum atomic E-state index is 15.4. The van der Waals surface area contributed by atoms with Crippen molar-refractivity contribution in [3.05, 3.63) is 77.2 Å². The van der Waals surface area contributed by atoms with Gasteiger partial charge in [-0.2, -0.15) is 0 Å². The molecule has 1 saturated heterocycles. The fraction of sp³-hybridized carbons (Fsp3) is 0.333. The number of halogens is 3. The van der Waals surface area contributed by atoms with E-state index >= 15 is 4.39 Å². The number of fused-ring (bicyclic) bond motifs is 3. The predicted octanol–water partition coefficient (Wildman–Crippen LogP) is 3.74. The summed E-state index contributed by atoms with van der Waals surface area (Å²) in [6, 6.07) is 8.40. The molecule has 2 aromatic carbocycles. The average Bonchev–Trinajstić information content (AvgIpc) is 2.89. The fourth-order valence-corrected chi connectivity index (χ4v) is 8.87. The molecule has 0 spiro atoms. The van der Waals surface area contributed by atoms with E-state index < -0.39 is 65.1 Å². The maximum absolute atomic E-state index is 15.4. The van der Waals surface area contributed by atoms with E-state index in [9.17, 15) is 21.2 Å². The lowest BCUT2D eigenvalue weighted by atomic mass is 9.75. The Kier molecular flexibility index (Phi) is 6.71. The second-order valence-corrected chi connectivity index (χ2v) is 13.5. The summed E-state index contributed by atoms with van der Waals surface area (Å²) in [5, 5.41) is 0.120. The number of hydrogen-bond donors (Lipinski definition) is 0. The molecule has 37 heavy (non-hydrogen) atoms. The standard InChI is InChI=1S/C24H21ClF2N2O6S2/c25-15-1-3-16(4-2-15)37(32,33)24-9-11-34-20(8-12-36(30,31)21-7-10-28-14-29-21)17(24)13-35-23-19(27)6-5-18(26)22(23)24/h1-7,10,14,17,20H,8-9,11-13H2/t17-,20-,24-/m0/s1. The molecule has 0 aliphatic carbocycles. The van der Waals surface area contributed by atoms with Gasteiger partial charge in [0.25, 0.3) is 0 Å². The van der Waals surface area contributed by atoms with Crippen LogP contribution in [0, 0.1) is 17.6 Å². The van der Waals surface area contributed by atoms with Crippen LogP contribution in [0.25, 0.3) is 0 Å². The molecule has 0 bridgehead atoms. The van der Waals surface area contributed by atoms with Crippen molar-refractivity contribution in [2.75, 3.05) is 19.0 Å². The largest absolute Gasteiger partial charge is 0.490 e. The van der Waals surface area contributed by atoms with E-state index in [0.29, 0.717) is 5.02 Å². The lowest BCUT2D eigenvalue weighted by Gasteiger charge is -2.50. The molecule has 3 heterocycles. The zero-order valence-electron chi connectivity index (χ0n) is 19.2. The molecule has 8 nitrogen and oxygen atoms in total. The lowest BCUT2D eigenvalue weighted by molar-refractivity contribution is -0.0732. The molecule has 1 aromatic heterocycles. The minimum absolute atomic E-state index is 0.121. The number of aromatic nitrogens is 2. The molecule has 196 valence electrons. The molecular weight excluding hydrogens is 550 g/mol. The third-order valence-electron chi connectivity index (χ3n) is 6.89. The van der Waals surface area contributed by atoms with Crippen molar-refractivity contribution in [3.63, 3.8) is 0 Å². The van der Waals surface area contributed by atoms with Crippen LogP contribution in [0.1, 0.15) is 18.4 Å². The van der Waals surface area contributed by atoms with Crippen LogP contribution in [-0.4, -0.2) is 51.9 Å². The van der Waals surface area contributed by atoms with Crippen molar-refractivity contribution in [2.45, 2.75) is 33.6 Å². The zero-order valence-corrected chi connectivity index (χ0v) is 21.6. The molecule has 0 amide bonds. The Hall–Kier alpha value is -2.67. The van der Waals surface area contributed by atoms with Crippen molar-refractivity contribution in [1.29, 1.82) is 0 Å². The Morgan fingerprint density at radius 1 is 1.03 bits per heavy atom. The van der Waals surface area contributed by atoms with Gasteiger partial charge in [-0.05, 0) is 55.3 Å². The van der Waals surface area contributed by atoms with Gasteiger partial charge in [-0.1, -0.05) is 11.6 Å². The third kappa shape index (κ3) is 4.29. The van der Waals surface area contributed by atoms with Gasteiger partial charge in [0.2, 0.25) is 0 Å². The summed E-state index contributed by atoms with van der Waals surface area (Å²) < 4.78 is 93.9. The minimum atomic E-state index is -4.39. The van der Waals surface area contributed by atoms with E-state index in [-0.39, 0.29) is 36.0 Å². The van der Waals surface area contributed by atoms with Crippen LogP contribution in [0.5, 0.6) is 5.75 Å². The molecule has 3 atom stereocenters. The van der Waals surface area contributed by atoms with Crippen molar-refractivity contribution in [2.24, 2.45) is 5.92 Å². The van der Waals surface area contributed by atoms with Gasteiger partial charge in [-0.15, -0.1) is 0 Å². The van der Waals surface area contributed by atoms with E-state index in [4.69, 9.17) is 21.1 Å². The van der Waals surface area contributed by atoms with Crippen molar-refractivity contribution >= 4 is 31.3 Å². The molecule has 3 aromatic rings. The topological polar surface area (TPSA) is 113 Å². The summed E-state index contributed by atoms with van der Waals surface area (Å²) in [6.07, 6.45) is 1.14. The number of ether oxygens (including phenoxy) is 2. The summed E-state index contributed by atoms with van der Waals surface area (Å²) in [7, 11) is -8.24. The van der Waals surface area contributed by atoms with Gasteiger partial charge in [0.15, 0.2) is 36.3 Å². The molecule has 2 aliphatic heterocycles. The Morgan fingerprint density at radius 2 is 1.76 bits per heavy atom. The number of hydrogen-bond acceptors (Lipinski definition) is 8. The van der Waals surface area contributed by atoms with Crippen molar-refractivity contribution in [3.8, 4) is 5.75 Å². The van der Waals surface area contributed by atoms with Crippen LogP contribution in [0.3, 0.4) is 0 Å². The monoisotopic (exact) mass is 570 g/mol. The highest BCUT2D eigenvalue weighted by Gasteiger charge is 2.61. The van der Waals surface area contributed by atoms with E-state index in [1.165, 1.54) is 36.5 Å². The normalized spacial score (nSPS) is 23.5. The van der Waals surface area contributed by atoms with E-state index in [1.807, 2.05) is 0 Å². The van der Waals surface area contributed by atoms with E-state index in [2.05, 4.69) is 9.97 Å². The van der Waals surface area contributed by atoms with Gasteiger partial charge in [0.05, 0.1) is 28.9 Å². The van der Waals surface area contributed by atoms with Crippen LogP contribution in [0.2, 0.25) is 5.02 Å². The third-order valence-corrected chi connectivity index (χ3v) is 11.4. The smallest absolute Gasteiger partial charge is 0.195 e. The number of nitrogens with zero attached hydrogens (tertiary/aromatic N) is 2. The molecule has 5 rings (SSSR count). The fourth-order valence-electron chi connectivity index (χ4n) is 5.17. The molecule has 0 saturated carbocycles. The number of sulfone groups is 2. The first-order valence-corrected chi connectivity index (χ1v) is 14.8. The van der Waals surface area contributed by atoms with Crippen molar-refractivity contribution in [1.82, 2.24) is 9.97 Å².